The van der Waals surface area contributed by atoms with Crippen LogP contribution in [-0.4, -0.2) is 29.4 Å². The molecule has 0 bridgehead atoms. The van der Waals surface area contributed by atoms with Gasteiger partial charge in [0.25, 0.3) is 0 Å². The first-order chi connectivity index (χ1) is 9.37. The molecule has 20 heavy (non-hydrogen) atoms. The Morgan fingerprint density at radius 1 is 1.10 bits per heavy atom. The van der Waals surface area contributed by atoms with Crippen molar-refractivity contribution < 1.29 is 24.2 Å². The number of carbonyl (C=O) groups is 3. The summed E-state index contributed by atoms with van der Waals surface area (Å²) in [5.41, 5.74) is 5.70. The lowest BCUT2D eigenvalue weighted by atomic mass is 10.2. The average molecular weight is 287 g/mol. The molecule has 0 aromatic rings. The summed E-state index contributed by atoms with van der Waals surface area (Å²) >= 11 is 0. The monoisotopic (exact) mass is 287 g/mol. The van der Waals surface area contributed by atoms with Crippen molar-refractivity contribution >= 4 is 17.7 Å². The molecule has 0 aromatic heterocycles. The van der Waals surface area contributed by atoms with Crippen LogP contribution in [-0.2, 0) is 19.1 Å². The van der Waals surface area contributed by atoms with E-state index in [1.165, 1.54) is 0 Å². The highest BCUT2D eigenvalue weighted by Crippen LogP contribution is 1.96. The zero-order valence-corrected chi connectivity index (χ0v) is 12.5. The third-order valence-electron chi connectivity index (χ3n) is 2.02. The first-order valence-corrected chi connectivity index (χ1v) is 6.73. The molecule has 6 heteroatoms. The molecule has 6 nitrogen and oxygen atoms in total. The van der Waals surface area contributed by atoms with E-state index in [4.69, 9.17) is 10.8 Å². The number of esters is 1. The van der Waals surface area contributed by atoms with Crippen molar-refractivity contribution in [2.24, 2.45) is 5.73 Å². The third-order valence-corrected chi connectivity index (χ3v) is 2.02. The molecule has 3 N–H and O–H groups in total. The molecule has 0 spiro atoms. The van der Waals surface area contributed by atoms with Gasteiger partial charge >= 0.3 is 11.9 Å². The fourth-order valence-corrected chi connectivity index (χ4v) is 1.26. The molecule has 116 valence electrons. The molecule has 0 amide bonds. The van der Waals surface area contributed by atoms with E-state index in [9.17, 15) is 14.4 Å². The standard InChI is InChI=1S/C8H14O3.C6H11NO2/c1-3-5-7(9)6-8(10)11-4-2;1-2-3-5(7)4-6(8)9/h3-6H2,1-2H3;4H,2-3,7H2,1H3,(H,8,9). The van der Waals surface area contributed by atoms with Gasteiger partial charge in [-0.15, -0.1) is 0 Å². The minimum absolute atomic E-state index is 0.0362. The fraction of sp³-hybridized carbons (Fsp3) is 0.643. The number of aliphatic carboxylic acids is 1. The number of Topliss-reactive ketones (excluding diaryl/α,β-unsaturated/α-hetero) is 1. The number of carbonyl (C=O) groups excluding carboxylic acids is 2. The highest BCUT2D eigenvalue weighted by Gasteiger charge is 2.08. The molecular weight excluding hydrogens is 262 g/mol. The second-order valence-corrected chi connectivity index (χ2v) is 4.08. The van der Waals surface area contributed by atoms with E-state index in [1.807, 2.05) is 13.8 Å². The van der Waals surface area contributed by atoms with Crippen molar-refractivity contribution in [1.29, 1.82) is 0 Å². The van der Waals surface area contributed by atoms with Gasteiger partial charge in [0.2, 0.25) is 0 Å². The molecule has 0 heterocycles. The summed E-state index contributed by atoms with van der Waals surface area (Å²) < 4.78 is 4.60. The molecule has 0 atom stereocenters. The van der Waals surface area contributed by atoms with Gasteiger partial charge in [-0.1, -0.05) is 20.3 Å². The lowest BCUT2D eigenvalue weighted by Crippen LogP contribution is -2.10. The smallest absolute Gasteiger partial charge is 0.330 e. The lowest BCUT2D eigenvalue weighted by molar-refractivity contribution is -0.145. The van der Waals surface area contributed by atoms with Crippen LogP contribution in [0.15, 0.2) is 11.8 Å². The molecule has 0 aliphatic heterocycles. The van der Waals surface area contributed by atoms with Gasteiger partial charge in [0.05, 0.1) is 6.61 Å². The van der Waals surface area contributed by atoms with Crippen molar-refractivity contribution in [3.63, 3.8) is 0 Å². The number of carboxylic acid groups (broad SMARTS) is 1. The molecule has 0 aliphatic carbocycles. The molecule has 0 aromatic carbocycles. The third kappa shape index (κ3) is 16.1. The summed E-state index contributed by atoms with van der Waals surface area (Å²) in [6, 6.07) is 0. The van der Waals surface area contributed by atoms with Crippen LogP contribution < -0.4 is 5.73 Å². The number of carboxylic acids is 1. The van der Waals surface area contributed by atoms with E-state index in [0.717, 1.165) is 18.9 Å². The molecule has 0 aliphatic rings. The Bertz CT molecular complexity index is 320. The summed E-state index contributed by atoms with van der Waals surface area (Å²) in [7, 11) is 0. The number of hydrogen-bond donors (Lipinski definition) is 2. The van der Waals surface area contributed by atoms with Crippen LogP contribution in [0.3, 0.4) is 0 Å². The lowest BCUT2D eigenvalue weighted by Gasteiger charge is -1.98. The Morgan fingerprint density at radius 3 is 2.05 bits per heavy atom. The maximum Gasteiger partial charge on any atom is 0.330 e. The largest absolute Gasteiger partial charge is 0.478 e. The summed E-state index contributed by atoms with van der Waals surface area (Å²) in [6.45, 7) is 5.92. The van der Waals surface area contributed by atoms with E-state index < -0.39 is 11.9 Å². The molecule has 0 unspecified atom stereocenters. The molecule has 0 radical (unpaired) electrons. The Morgan fingerprint density at radius 2 is 1.65 bits per heavy atom. The van der Waals surface area contributed by atoms with Crippen LogP contribution in [0.25, 0.3) is 0 Å². The van der Waals surface area contributed by atoms with Crippen LogP contribution in [0.1, 0.15) is 52.9 Å². The van der Waals surface area contributed by atoms with Gasteiger partial charge in [-0.25, -0.2) is 4.79 Å². The van der Waals surface area contributed by atoms with E-state index in [2.05, 4.69) is 4.74 Å². The zero-order chi connectivity index (χ0) is 16.0. The molecular formula is C14H25NO5. The first-order valence-electron chi connectivity index (χ1n) is 6.73. The summed E-state index contributed by atoms with van der Waals surface area (Å²) in [5, 5.41) is 8.15. The van der Waals surface area contributed by atoms with Gasteiger partial charge in [0.1, 0.15) is 12.2 Å². The quantitative estimate of drug-likeness (QED) is 0.402. The van der Waals surface area contributed by atoms with Gasteiger partial charge in [0.15, 0.2) is 0 Å². The van der Waals surface area contributed by atoms with Crippen molar-refractivity contribution in [2.75, 3.05) is 6.61 Å². The molecule has 0 fully saturated rings. The van der Waals surface area contributed by atoms with Crippen LogP contribution in [0, 0.1) is 0 Å². The zero-order valence-electron chi connectivity index (χ0n) is 12.5. The van der Waals surface area contributed by atoms with E-state index in [0.29, 0.717) is 25.1 Å². The highest BCUT2D eigenvalue weighted by molar-refractivity contribution is 5.95. The van der Waals surface area contributed by atoms with Gasteiger partial charge in [-0.05, 0) is 19.8 Å². The second kappa shape index (κ2) is 13.6. The van der Waals surface area contributed by atoms with Crippen molar-refractivity contribution in [2.45, 2.75) is 52.9 Å². The molecule has 0 rings (SSSR count). The van der Waals surface area contributed by atoms with Gasteiger partial charge in [0, 0.05) is 18.2 Å². The maximum absolute atomic E-state index is 10.8. The van der Waals surface area contributed by atoms with E-state index >= 15 is 0 Å². The number of rotatable bonds is 8. The normalized spacial score (nSPS) is 10.2. The Kier molecular flexibility index (Phi) is 13.9. The van der Waals surface area contributed by atoms with E-state index in [-0.39, 0.29) is 12.2 Å². The summed E-state index contributed by atoms with van der Waals surface area (Å²) in [4.78, 5) is 31.4. The highest BCUT2D eigenvalue weighted by atomic mass is 16.5. The SMILES string of the molecule is CCCC(=O)CC(=O)OCC.CCCC(N)=CC(=O)O. The van der Waals surface area contributed by atoms with E-state index in [1.54, 1.807) is 6.92 Å². The summed E-state index contributed by atoms with van der Waals surface area (Å²) in [6.07, 6.45) is 3.77. The predicted octanol–water partition coefficient (Wildman–Crippen LogP) is 2.02. The van der Waals surface area contributed by atoms with Gasteiger partial charge < -0.3 is 15.6 Å². The van der Waals surface area contributed by atoms with Crippen LogP contribution in [0.2, 0.25) is 0 Å². The number of hydrogen-bond acceptors (Lipinski definition) is 5. The molecule has 0 saturated heterocycles. The Hall–Kier alpha value is -1.85. The van der Waals surface area contributed by atoms with Gasteiger partial charge in [-0.2, -0.15) is 0 Å². The van der Waals surface area contributed by atoms with Gasteiger partial charge in [-0.3, -0.25) is 9.59 Å². The fourth-order valence-electron chi connectivity index (χ4n) is 1.26. The minimum Gasteiger partial charge on any atom is -0.478 e. The van der Waals surface area contributed by atoms with Crippen molar-refractivity contribution in [3.8, 4) is 0 Å². The Labute approximate surface area is 120 Å². The molecule has 0 saturated carbocycles. The number of nitrogens with two attached hydrogens (primary N) is 1. The maximum atomic E-state index is 10.8. The average Bonchev–Trinajstić information content (AvgIpc) is 2.29. The summed E-state index contributed by atoms with van der Waals surface area (Å²) in [5.74, 6) is -1.42. The van der Waals surface area contributed by atoms with Crippen molar-refractivity contribution in [3.05, 3.63) is 11.8 Å². The minimum atomic E-state index is -0.971. The second-order valence-electron chi connectivity index (χ2n) is 4.08. The first kappa shape index (κ1) is 20.5. The van der Waals surface area contributed by atoms with Crippen LogP contribution in [0.5, 0.6) is 0 Å². The van der Waals surface area contributed by atoms with Crippen LogP contribution in [0.4, 0.5) is 0 Å². The Balaban J connectivity index is 0. The number of ether oxygens (including phenoxy) is 1. The van der Waals surface area contributed by atoms with Crippen molar-refractivity contribution in [1.82, 2.24) is 0 Å². The number of allylic oxidation sites excluding steroid dienone is 1. The number of ketones is 1. The van der Waals surface area contributed by atoms with Crippen LogP contribution >= 0.6 is 0 Å². The predicted molar refractivity (Wildman–Crippen MR) is 76.0 cm³/mol. The topological polar surface area (TPSA) is 107 Å².